The van der Waals surface area contributed by atoms with Gasteiger partial charge < -0.3 is 14.6 Å². The lowest BCUT2D eigenvalue weighted by Gasteiger charge is -2.27. The van der Waals surface area contributed by atoms with Crippen LogP contribution in [-0.2, 0) is 6.42 Å². The van der Waals surface area contributed by atoms with Crippen molar-refractivity contribution in [2.75, 3.05) is 6.54 Å². The van der Waals surface area contributed by atoms with Crippen molar-refractivity contribution in [1.29, 1.82) is 0 Å². The highest BCUT2D eigenvalue weighted by molar-refractivity contribution is 5.75. The van der Waals surface area contributed by atoms with E-state index < -0.39 is 0 Å². The number of amides is 2. The molecule has 2 aromatic heterocycles. The Bertz CT molecular complexity index is 668. The Hall–Kier alpha value is -2.30. The van der Waals surface area contributed by atoms with Gasteiger partial charge in [0, 0.05) is 31.4 Å². The molecule has 0 spiro atoms. The summed E-state index contributed by atoms with van der Waals surface area (Å²) in [5.74, 6) is 1.91. The van der Waals surface area contributed by atoms with Gasteiger partial charge in [-0.05, 0) is 62.9 Å². The first kappa shape index (κ1) is 16.6. The molecule has 24 heavy (non-hydrogen) atoms. The second-order valence-electron chi connectivity index (χ2n) is 6.53. The number of aryl methyl sites for hydroxylation is 2. The van der Waals surface area contributed by atoms with Crippen LogP contribution in [-0.4, -0.2) is 28.5 Å². The average Bonchev–Trinajstić information content (AvgIpc) is 3.22. The topological polar surface area (TPSA) is 58.4 Å². The molecule has 0 saturated carbocycles. The maximum atomic E-state index is 12.6. The van der Waals surface area contributed by atoms with Crippen molar-refractivity contribution in [2.45, 2.75) is 51.6 Å². The van der Waals surface area contributed by atoms with Gasteiger partial charge in [0.05, 0.1) is 6.04 Å². The van der Waals surface area contributed by atoms with Gasteiger partial charge in [0.1, 0.15) is 11.5 Å². The van der Waals surface area contributed by atoms with Crippen molar-refractivity contribution in [3.8, 4) is 0 Å². The van der Waals surface area contributed by atoms with Crippen LogP contribution in [0.3, 0.4) is 0 Å². The monoisotopic (exact) mass is 327 g/mol. The molecule has 5 nitrogen and oxygen atoms in total. The highest BCUT2D eigenvalue weighted by Gasteiger charge is 2.30. The number of nitrogens with zero attached hydrogens (tertiary/aromatic N) is 2. The fourth-order valence-electron chi connectivity index (χ4n) is 3.29. The highest BCUT2D eigenvalue weighted by atomic mass is 16.3. The maximum absolute atomic E-state index is 12.6. The van der Waals surface area contributed by atoms with Gasteiger partial charge in [-0.1, -0.05) is 0 Å². The lowest BCUT2D eigenvalue weighted by atomic mass is 10.1. The van der Waals surface area contributed by atoms with Crippen molar-refractivity contribution in [3.05, 3.63) is 53.7 Å². The smallest absolute Gasteiger partial charge is 0.318 e. The Kier molecular flexibility index (Phi) is 5.18. The largest absolute Gasteiger partial charge is 0.466 e. The quantitative estimate of drug-likeness (QED) is 0.907. The second-order valence-corrected chi connectivity index (χ2v) is 6.53. The molecule has 128 valence electrons. The first-order chi connectivity index (χ1) is 11.6. The summed E-state index contributed by atoms with van der Waals surface area (Å²) in [5, 5.41) is 3.13. The van der Waals surface area contributed by atoms with E-state index in [9.17, 15) is 4.79 Å². The average molecular weight is 327 g/mol. The summed E-state index contributed by atoms with van der Waals surface area (Å²) < 4.78 is 5.58. The number of hydrogen-bond donors (Lipinski definition) is 1. The van der Waals surface area contributed by atoms with Crippen LogP contribution in [0.5, 0.6) is 0 Å². The summed E-state index contributed by atoms with van der Waals surface area (Å²) in [6.45, 7) is 4.80. The third kappa shape index (κ3) is 3.96. The lowest BCUT2D eigenvalue weighted by Crippen LogP contribution is -2.43. The summed E-state index contributed by atoms with van der Waals surface area (Å²) in [6, 6.07) is 8.27. The molecule has 2 atom stereocenters. The summed E-state index contributed by atoms with van der Waals surface area (Å²) in [5.41, 5.74) is 1.16. The number of rotatable bonds is 5. The number of likely N-dealkylation sites (tertiary alicyclic amines) is 1. The molecule has 5 heteroatoms. The number of hydrogen-bond acceptors (Lipinski definition) is 3. The first-order valence-corrected chi connectivity index (χ1v) is 8.66. The molecule has 1 N–H and O–H groups in total. The fourth-order valence-corrected chi connectivity index (χ4v) is 3.29. The van der Waals surface area contributed by atoms with Gasteiger partial charge in [-0.15, -0.1) is 0 Å². The van der Waals surface area contributed by atoms with Crippen molar-refractivity contribution in [3.63, 3.8) is 0 Å². The van der Waals surface area contributed by atoms with Gasteiger partial charge >= 0.3 is 6.03 Å². The van der Waals surface area contributed by atoms with Crippen LogP contribution in [0.25, 0.3) is 0 Å². The Balaban J connectivity index is 1.53. The standard InChI is InChI=1S/C19H25N3O2/c1-14(5-7-17-8-6-15(2)24-17)21-19(23)22-13-3-4-18(22)16-9-11-20-12-10-16/h6,8-12,14,18H,3-5,7,13H2,1-2H3,(H,21,23)/t14-,18-/m0/s1. The first-order valence-electron chi connectivity index (χ1n) is 8.66. The summed E-state index contributed by atoms with van der Waals surface area (Å²) in [4.78, 5) is 18.6. The molecule has 0 radical (unpaired) electrons. The minimum atomic E-state index is 0.0254. The van der Waals surface area contributed by atoms with Crippen LogP contribution < -0.4 is 5.32 Å². The third-order valence-corrected chi connectivity index (χ3v) is 4.59. The Labute approximate surface area is 143 Å². The third-order valence-electron chi connectivity index (χ3n) is 4.59. The minimum Gasteiger partial charge on any atom is -0.466 e. The number of pyridine rings is 1. The fraction of sp³-hybridized carbons (Fsp3) is 0.474. The van der Waals surface area contributed by atoms with E-state index in [1.54, 1.807) is 12.4 Å². The Morgan fingerprint density at radius 3 is 2.88 bits per heavy atom. The van der Waals surface area contributed by atoms with Crippen molar-refractivity contribution in [1.82, 2.24) is 15.2 Å². The zero-order valence-electron chi connectivity index (χ0n) is 14.4. The minimum absolute atomic E-state index is 0.0254. The van der Waals surface area contributed by atoms with Gasteiger partial charge in [0.15, 0.2) is 0 Å². The van der Waals surface area contributed by atoms with E-state index in [1.165, 1.54) is 0 Å². The summed E-state index contributed by atoms with van der Waals surface area (Å²) in [7, 11) is 0. The van der Waals surface area contributed by atoms with Crippen LogP contribution in [0.15, 0.2) is 41.1 Å². The molecule has 1 saturated heterocycles. The molecular weight excluding hydrogens is 302 g/mol. The van der Waals surface area contributed by atoms with E-state index in [2.05, 4.69) is 10.3 Å². The van der Waals surface area contributed by atoms with E-state index in [1.807, 2.05) is 43.0 Å². The second kappa shape index (κ2) is 7.51. The van der Waals surface area contributed by atoms with E-state index in [0.717, 1.165) is 49.3 Å². The van der Waals surface area contributed by atoms with Crippen LogP contribution in [0.1, 0.15) is 49.3 Å². The van der Waals surface area contributed by atoms with Crippen molar-refractivity contribution < 1.29 is 9.21 Å². The van der Waals surface area contributed by atoms with Crippen LogP contribution in [0, 0.1) is 6.92 Å². The zero-order chi connectivity index (χ0) is 16.9. The van der Waals surface area contributed by atoms with Gasteiger partial charge in [0.25, 0.3) is 0 Å². The molecule has 0 bridgehead atoms. The maximum Gasteiger partial charge on any atom is 0.318 e. The molecular formula is C19H25N3O2. The molecule has 0 aliphatic carbocycles. The number of furan rings is 1. The highest BCUT2D eigenvalue weighted by Crippen LogP contribution is 2.31. The molecule has 1 aliphatic rings. The lowest BCUT2D eigenvalue weighted by molar-refractivity contribution is 0.189. The van der Waals surface area contributed by atoms with Crippen molar-refractivity contribution >= 4 is 6.03 Å². The molecule has 0 unspecified atom stereocenters. The van der Waals surface area contributed by atoms with E-state index in [0.29, 0.717) is 0 Å². The van der Waals surface area contributed by atoms with Crippen LogP contribution >= 0.6 is 0 Å². The normalized spacial score (nSPS) is 18.6. The molecule has 2 amide bonds. The number of nitrogens with one attached hydrogen (secondary N) is 1. The molecule has 3 rings (SSSR count). The van der Waals surface area contributed by atoms with E-state index in [-0.39, 0.29) is 18.1 Å². The molecule has 0 aromatic carbocycles. The van der Waals surface area contributed by atoms with Crippen LogP contribution in [0.2, 0.25) is 0 Å². The summed E-state index contributed by atoms with van der Waals surface area (Å²) in [6.07, 6.45) is 7.34. The predicted molar refractivity (Wildman–Crippen MR) is 92.7 cm³/mol. The van der Waals surface area contributed by atoms with E-state index in [4.69, 9.17) is 4.42 Å². The summed E-state index contributed by atoms with van der Waals surface area (Å²) >= 11 is 0. The number of carbonyl (C=O) groups excluding carboxylic acids is 1. The molecule has 3 heterocycles. The molecule has 1 fully saturated rings. The van der Waals surface area contributed by atoms with Gasteiger partial charge in [-0.3, -0.25) is 4.98 Å². The van der Waals surface area contributed by atoms with Crippen molar-refractivity contribution in [2.24, 2.45) is 0 Å². The van der Waals surface area contributed by atoms with Crippen LogP contribution in [0.4, 0.5) is 4.79 Å². The number of urea groups is 1. The van der Waals surface area contributed by atoms with Gasteiger partial charge in [0.2, 0.25) is 0 Å². The zero-order valence-corrected chi connectivity index (χ0v) is 14.4. The Morgan fingerprint density at radius 2 is 2.17 bits per heavy atom. The van der Waals surface area contributed by atoms with E-state index >= 15 is 0 Å². The van der Waals surface area contributed by atoms with Gasteiger partial charge in [-0.25, -0.2) is 4.79 Å². The predicted octanol–water partition coefficient (Wildman–Crippen LogP) is 3.85. The molecule has 2 aromatic rings. The number of aromatic nitrogens is 1. The SMILES string of the molecule is Cc1ccc(CC[C@H](C)NC(=O)N2CCC[C@H]2c2ccncc2)o1. The van der Waals surface area contributed by atoms with Gasteiger partial charge in [-0.2, -0.15) is 0 Å². The number of carbonyl (C=O) groups is 1. The Morgan fingerprint density at radius 1 is 1.38 bits per heavy atom. The molecule has 1 aliphatic heterocycles.